The molecule has 3 N–H and O–H groups in total. The van der Waals surface area contributed by atoms with E-state index in [1.807, 2.05) is 0 Å². The van der Waals surface area contributed by atoms with E-state index in [9.17, 15) is 0 Å². The lowest BCUT2D eigenvalue weighted by molar-refractivity contribution is 0.390. The highest BCUT2D eigenvalue weighted by atomic mass is 15.2. The Balaban J connectivity index is 1.64. The summed E-state index contributed by atoms with van der Waals surface area (Å²) in [4.78, 5) is 0. The average molecular weight is 272 g/mol. The fourth-order valence-electron chi connectivity index (χ4n) is 4.30. The summed E-state index contributed by atoms with van der Waals surface area (Å²) in [6.07, 6.45) is 6.46. The predicted molar refractivity (Wildman–Crippen MR) is 84.3 cm³/mol. The van der Waals surface area contributed by atoms with E-state index in [0.29, 0.717) is 6.04 Å². The maximum absolute atomic E-state index is 5.85. The zero-order chi connectivity index (χ0) is 14.1. The Morgan fingerprint density at radius 1 is 1.25 bits per heavy atom. The van der Waals surface area contributed by atoms with Gasteiger partial charge in [0.15, 0.2) is 0 Å². The quantitative estimate of drug-likeness (QED) is 0.613. The number of fused-ring (bicyclic) bond motifs is 3. The minimum atomic E-state index is 0.509. The smallest absolute Gasteiger partial charge is 0.0247 e. The summed E-state index contributed by atoms with van der Waals surface area (Å²) in [7, 11) is 0. The first-order valence-corrected chi connectivity index (χ1v) is 8.26. The molecule has 1 aromatic rings. The molecule has 2 nitrogen and oxygen atoms in total. The Bertz CT molecular complexity index is 454. The van der Waals surface area contributed by atoms with Gasteiger partial charge in [0.1, 0.15) is 0 Å². The molecule has 1 fully saturated rings. The van der Waals surface area contributed by atoms with E-state index in [1.165, 1.54) is 32.1 Å². The number of hydrazine groups is 1. The zero-order valence-electron chi connectivity index (χ0n) is 12.8. The minimum Gasteiger partial charge on any atom is -0.271 e. The van der Waals surface area contributed by atoms with Crippen LogP contribution in [0, 0.1) is 17.8 Å². The summed E-state index contributed by atoms with van der Waals surface area (Å²) in [5, 5.41) is 0. The highest BCUT2D eigenvalue weighted by molar-refractivity contribution is 5.40. The molecule has 0 radical (unpaired) electrons. The molecular weight excluding hydrogens is 244 g/mol. The summed E-state index contributed by atoms with van der Waals surface area (Å²) in [5.74, 6) is 9.09. The summed E-state index contributed by atoms with van der Waals surface area (Å²) in [5.41, 5.74) is 6.31. The van der Waals surface area contributed by atoms with Crippen LogP contribution in [0.3, 0.4) is 0 Å². The van der Waals surface area contributed by atoms with Crippen LogP contribution in [0.1, 0.15) is 56.6 Å². The molecular formula is C18H28N2. The third-order valence-corrected chi connectivity index (χ3v) is 5.37. The molecule has 1 aromatic carbocycles. The summed E-state index contributed by atoms with van der Waals surface area (Å²) >= 11 is 0. The van der Waals surface area contributed by atoms with E-state index >= 15 is 0 Å². The first-order valence-electron chi connectivity index (χ1n) is 8.26. The summed E-state index contributed by atoms with van der Waals surface area (Å²) < 4.78 is 0. The summed E-state index contributed by atoms with van der Waals surface area (Å²) in [6.45, 7) is 4.61. The van der Waals surface area contributed by atoms with Crippen LogP contribution in [0.25, 0.3) is 0 Å². The fraction of sp³-hybridized carbons (Fsp3) is 0.667. The molecule has 0 aliphatic heterocycles. The standard InChI is InChI=1S/C18H28N2/c1-12(2)6-5-9-16(20-19)18-15-11-10-13-7-3-4-8-14(13)17(15)18/h3-4,7-8,12,15-18,20H,5-6,9-11,19H2,1-2H3. The van der Waals surface area contributed by atoms with Crippen molar-refractivity contribution in [2.24, 2.45) is 23.6 Å². The summed E-state index contributed by atoms with van der Waals surface area (Å²) in [6, 6.07) is 9.53. The van der Waals surface area contributed by atoms with Crippen molar-refractivity contribution in [3.05, 3.63) is 35.4 Å². The van der Waals surface area contributed by atoms with Gasteiger partial charge in [-0.15, -0.1) is 0 Å². The Labute approximate surface area is 123 Å². The van der Waals surface area contributed by atoms with Gasteiger partial charge in [-0.2, -0.15) is 0 Å². The van der Waals surface area contributed by atoms with Gasteiger partial charge in [-0.3, -0.25) is 11.3 Å². The van der Waals surface area contributed by atoms with Crippen molar-refractivity contribution < 1.29 is 0 Å². The Kier molecular flexibility index (Phi) is 4.13. The van der Waals surface area contributed by atoms with Crippen molar-refractivity contribution in [2.75, 3.05) is 0 Å². The minimum absolute atomic E-state index is 0.509. The van der Waals surface area contributed by atoms with Crippen molar-refractivity contribution >= 4 is 0 Å². The van der Waals surface area contributed by atoms with Gasteiger partial charge in [0, 0.05) is 6.04 Å². The van der Waals surface area contributed by atoms with Crippen LogP contribution >= 0.6 is 0 Å². The van der Waals surface area contributed by atoms with Gasteiger partial charge in [-0.25, -0.2) is 0 Å². The van der Waals surface area contributed by atoms with E-state index in [-0.39, 0.29) is 0 Å². The van der Waals surface area contributed by atoms with Crippen molar-refractivity contribution in [1.82, 2.24) is 5.43 Å². The van der Waals surface area contributed by atoms with Crippen LogP contribution in [0.15, 0.2) is 24.3 Å². The third-order valence-electron chi connectivity index (χ3n) is 5.37. The van der Waals surface area contributed by atoms with Gasteiger partial charge < -0.3 is 0 Å². The van der Waals surface area contributed by atoms with Crippen LogP contribution in [-0.2, 0) is 6.42 Å². The number of hydrogen-bond donors (Lipinski definition) is 2. The highest BCUT2D eigenvalue weighted by Crippen LogP contribution is 2.61. The molecule has 0 spiro atoms. The number of rotatable bonds is 6. The number of nitrogens with two attached hydrogens (primary N) is 1. The Hall–Kier alpha value is -0.860. The average Bonchev–Trinajstić information content (AvgIpc) is 3.18. The lowest BCUT2D eigenvalue weighted by Crippen LogP contribution is -2.37. The lowest BCUT2D eigenvalue weighted by Gasteiger charge is -2.17. The van der Waals surface area contributed by atoms with Crippen molar-refractivity contribution in [3.8, 4) is 0 Å². The number of nitrogens with one attached hydrogen (secondary N) is 1. The van der Waals surface area contributed by atoms with E-state index < -0.39 is 0 Å². The van der Waals surface area contributed by atoms with Gasteiger partial charge >= 0.3 is 0 Å². The lowest BCUT2D eigenvalue weighted by atomic mass is 9.92. The van der Waals surface area contributed by atoms with E-state index in [2.05, 4.69) is 43.5 Å². The maximum Gasteiger partial charge on any atom is 0.0247 e. The Morgan fingerprint density at radius 2 is 2.05 bits per heavy atom. The zero-order valence-corrected chi connectivity index (χ0v) is 12.8. The monoisotopic (exact) mass is 272 g/mol. The molecule has 0 saturated heterocycles. The van der Waals surface area contributed by atoms with Gasteiger partial charge in [-0.05, 0) is 54.1 Å². The molecule has 0 bridgehead atoms. The molecule has 2 aliphatic carbocycles. The Morgan fingerprint density at radius 3 is 2.80 bits per heavy atom. The van der Waals surface area contributed by atoms with Crippen molar-refractivity contribution in [2.45, 2.75) is 57.9 Å². The molecule has 1 saturated carbocycles. The molecule has 4 unspecified atom stereocenters. The van der Waals surface area contributed by atoms with Crippen molar-refractivity contribution in [3.63, 3.8) is 0 Å². The van der Waals surface area contributed by atoms with E-state index in [4.69, 9.17) is 5.84 Å². The number of aryl methyl sites for hydroxylation is 1. The van der Waals surface area contributed by atoms with E-state index in [0.717, 1.165) is 23.7 Å². The maximum atomic E-state index is 5.85. The first kappa shape index (κ1) is 14.1. The first-order chi connectivity index (χ1) is 9.72. The third kappa shape index (κ3) is 2.64. The molecule has 2 aliphatic rings. The topological polar surface area (TPSA) is 38.0 Å². The molecule has 2 heteroatoms. The molecule has 0 heterocycles. The van der Waals surface area contributed by atoms with Crippen LogP contribution in [0.4, 0.5) is 0 Å². The fourth-order valence-corrected chi connectivity index (χ4v) is 4.30. The van der Waals surface area contributed by atoms with Gasteiger partial charge in [0.05, 0.1) is 0 Å². The van der Waals surface area contributed by atoms with E-state index in [1.54, 1.807) is 11.1 Å². The second-order valence-corrected chi connectivity index (χ2v) is 7.10. The highest BCUT2D eigenvalue weighted by Gasteiger charge is 2.55. The molecule has 20 heavy (non-hydrogen) atoms. The SMILES string of the molecule is CC(C)CCCC(NN)C1C2CCc3ccccc3C21. The van der Waals surface area contributed by atoms with Gasteiger partial charge in [0.2, 0.25) is 0 Å². The van der Waals surface area contributed by atoms with Gasteiger partial charge in [0.25, 0.3) is 0 Å². The molecule has 0 aromatic heterocycles. The van der Waals surface area contributed by atoms with Gasteiger partial charge in [-0.1, -0.05) is 51.0 Å². The second-order valence-electron chi connectivity index (χ2n) is 7.10. The molecule has 4 atom stereocenters. The van der Waals surface area contributed by atoms with Crippen LogP contribution in [-0.4, -0.2) is 6.04 Å². The van der Waals surface area contributed by atoms with Crippen LogP contribution in [0.2, 0.25) is 0 Å². The number of benzene rings is 1. The number of hydrogen-bond acceptors (Lipinski definition) is 2. The van der Waals surface area contributed by atoms with Crippen LogP contribution in [0.5, 0.6) is 0 Å². The molecule has 0 amide bonds. The molecule has 3 rings (SSSR count). The predicted octanol–water partition coefficient (Wildman–Crippen LogP) is 3.62. The van der Waals surface area contributed by atoms with Crippen molar-refractivity contribution in [1.29, 1.82) is 0 Å². The second kappa shape index (κ2) is 5.87. The van der Waals surface area contributed by atoms with Crippen LogP contribution < -0.4 is 11.3 Å². The normalized spacial score (nSPS) is 28.9. The largest absolute Gasteiger partial charge is 0.271 e. The molecule has 110 valence electrons.